The van der Waals surface area contributed by atoms with Gasteiger partial charge in [-0.1, -0.05) is 19.1 Å². The lowest BCUT2D eigenvalue weighted by atomic mass is 9.84. The molecule has 1 aromatic rings. The van der Waals surface area contributed by atoms with Crippen molar-refractivity contribution < 1.29 is 14.3 Å². The Balaban J connectivity index is 1.95. The van der Waals surface area contributed by atoms with Crippen LogP contribution in [0.25, 0.3) is 0 Å². The molecule has 1 aromatic carbocycles. The zero-order valence-corrected chi connectivity index (χ0v) is 19.3. The molecule has 30 heavy (non-hydrogen) atoms. The first-order valence-corrected chi connectivity index (χ1v) is 11.9. The smallest absolute Gasteiger partial charge is 0.239 e. The Hall–Kier alpha value is -1.67. The van der Waals surface area contributed by atoms with Crippen LogP contribution in [0.5, 0.6) is 0 Å². The monoisotopic (exact) mass is 431 g/mol. The van der Waals surface area contributed by atoms with Crippen molar-refractivity contribution in [2.75, 3.05) is 59.2 Å². The zero-order valence-electron chi connectivity index (χ0n) is 18.5. The molecule has 7 heteroatoms. The molecule has 0 aliphatic carbocycles. The van der Waals surface area contributed by atoms with Gasteiger partial charge in [-0.05, 0) is 37.4 Å². The number of nitrogens with zero attached hydrogens (tertiary/aromatic N) is 3. The number of ketones is 1. The Morgan fingerprint density at radius 1 is 1.13 bits per heavy atom. The molecule has 6 nitrogen and oxygen atoms in total. The minimum Gasteiger partial charge on any atom is -0.383 e. The topological polar surface area (TPSA) is 53.1 Å². The number of piperazine rings is 1. The van der Waals surface area contributed by atoms with E-state index in [0.717, 1.165) is 38.3 Å². The third-order valence-electron chi connectivity index (χ3n) is 6.16. The molecule has 1 amide bonds. The van der Waals surface area contributed by atoms with Gasteiger partial charge < -0.3 is 14.5 Å². The number of thioether (sulfide) groups is 1. The van der Waals surface area contributed by atoms with Crippen molar-refractivity contribution in [1.82, 2.24) is 14.7 Å². The summed E-state index contributed by atoms with van der Waals surface area (Å²) in [5, 5.41) is 0. The summed E-state index contributed by atoms with van der Waals surface area (Å²) in [6.07, 6.45) is 3.68. The van der Waals surface area contributed by atoms with E-state index < -0.39 is 5.92 Å². The fraction of sp³-hybridized carbons (Fsp3) is 0.565. The molecule has 0 radical (unpaired) electrons. The summed E-state index contributed by atoms with van der Waals surface area (Å²) in [6, 6.07) is 8.06. The van der Waals surface area contributed by atoms with Crippen molar-refractivity contribution in [3.63, 3.8) is 0 Å². The van der Waals surface area contributed by atoms with Crippen LogP contribution < -0.4 is 0 Å². The van der Waals surface area contributed by atoms with Gasteiger partial charge in [0.1, 0.15) is 5.92 Å². The molecule has 2 heterocycles. The molecule has 2 unspecified atom stereocenters. The zero-order chi connectivity index (χ0) is 21.7. The van der Waals surface area contributed by atoms with E-state index in [9.17, 15) is 9.59 Å². The molecule has 0 saturated carbocycles. The Bertz CT molecular complexity index is 772. The molecule has 1 saturated heterocycles. The van der Waals surface area contributed by atoms with Gasteiger partial charge in [0.05, 0.1) is 12.6 Å². The van der Waals surface area contributed by atoms with Crippen molar-refractivity contribution in [3.05, 3.63) is 41.6 Å². The van der Waals surface area contributed by atoms with E-state index in [0.29, 0.717) is 18.8 Å². The van der Waals surface area contributed by atoms with Gasteiger partial charge in [0.25, 0.3) is 0 Å². The molecule has 2 aliphatic heterocycles. The summed E-state index contributed by atoms with van der Waals surface area (Å²) in [4.78, 5) is 34.3. The molecule has 0 spiro atoms. The van der Waals surface area contributed by atoms with Crippen LogP contribution in [0.1, 0.15) is 25.5 Å². The normalized spacial score (nSPS) is 22.3. The van der Waals surface area contributed by atoms with E-state index in [1.54, 1.807) is 29.8 Å². The summed E-state index contributed by atoms with van der Waals surface area (Å²) in [5.74, 6) is -0.934. The van der Waals surface area contributed by atoms with Crippen molar-refractivity contribution in [2.24, 2.45) is 5.92 Å². The number of rotatable bonds is 8. The first kappa shape index (κ1) is 23.0. The lowest BCUT2D eigenvalue weighted by Crippen LogP contribution is -2.53. The molecular formula is C23H33N3O3S. The van der Waals surface area contributed by atoms with Crippen LogP contribution in [0.3, 0.4) is 0 Å². The second kappa shape index (κ2) is 10.6. The average molecular weight is 432 g/mol. The van der Waals surface area contributed by atoms with Crippen LogP contribution in [0, 0.1) is 5.92 Å². The number of hydrogen-bond acceptors (Lipinski definition) is 6. The molecule has 0 aromatic heterocycles. The number of benzene rings is 1. The third-order valence-corrected chi connectivity index (χ3v) is 6.90. The van der Waals surface area contributed by atoms with Gasteiger partial charge in [-0.3, -0.25) is 14.5 Å². The van der Waals surface area contributed by atoms with E-state index >= 15 is 0 Å². The van der Waals surface area contributed by atoms with Gasteiger partial charge in [-0.15, -0.1) is 11.8 Å². The van der Waals surface area contributed by atoms with Gasteiger partial charge in [0.15, 0.2) is 5.78 Å². The molecule has 2 aliphatic rings. The second-order valence-corrected chi connectivity index (χ2v) is 8.72. The molecule has 164 valence electrons. The highest BCUT2D eigenvalue weighted by molar-refractivity contribution is 7.98. The van der Waals surface area contributed by atoms with Crippen LogP contribution in [-0.4, -0.2) is 85.6 Å². The highest BCUT2D eigenvalue weighted by Gasteiger charge is 2.43. The summed E-state index contributed by atoms with van der Waals surface area (Å²) >= 11 is 1.69. The Morgan fingerprint density at radius 3 is 2.37 bits per heavy atom. The van der Waals surface area contributed by atoms with E-state index in [-0.39, 0.29) is 17.7 Å². The fourth-order valence-corrected chi connectivity index (χ4v) is 4.78. The number of carbonyl (C=O) groups is 2. The van der Waals surface area contributed by atoms with Crippen molar-refractivity contribution >= 4 is 23.5 Å². The van der Waals surface area contributed by atoms with E-state index in [4.69, 9.17) is 4.74 Å². The van der Waals surface area contributed by atoms with Crippen LogP contribution in [0.4, 0.5) is 0 Å². The lowest BCUT2D eigenvalue weighted by molar-refractivity contribution is -0.144. The molecule has 0 bridgehead atoms. The van der Waals surface area contributed by atoms with Gasteiger partial charge in [0.2, 0.25) is 5.91 Å². The van der Waals surface area contributed by atoms with E-state index in [1.165, 1.54) is 4.90 Å². The van der Waals surface area contributed by atoms with Gasteiger partial charge >= 0.3 is 0 Å². The summed E-state index contributed by atoms with van der Waals surface area (Å²) < 4.78 is 5.19. The maximum atomic E-state index is 13.5. The molecular weight excluding hydrogens is 398 g/mol. The average Bonchev–Trinajstić information content (AvgIpc) is 2.76. The predicted molar refractivity (Wildman–Crippen MR) is 120 cm³/mol. The first-order chi connectivity index (χ1) is 14.5. The van der Waals surface area contributed by atoms with Gasteiger partial charge in [-0.25, -0.2) is 0 Å². The number of hydrogen-bond donors (Lipinski definition) is 0. The molecule has 1 fully saturated rings. The second-order valence-electron chi connectivity index (χ2n) is 7.84. The quantitative estimate of drug-likeness (QED) is 0.466. The summed E-state index contributed by atoms with van der Waals surface area (Å²) in [6.45, 7) is 9.52. The van der Waals surface area contributed by atoms with Crippen molar-refractivity contribution in [2.45, 2.75) is 24.8 Å². The highest BCUT2D eigenvalue weighted by Crippen LogP contribution is 2.36. The largest absolute Gasteiger partial charge is 0.383 e. The minimum absolute atomic E-state index is 0.0944. The SMILES string of the molecule is CCN1CCN(C(c2ccc(SC)cc2)C2C(=O)C=C(C)N(CCOC)C2=O)CC1. The Kier molecular flexibility index (Phi) is 8.11. The summed E-state index contributed by atoms with van der Waals surface area (Å²) in [7, 11) is 1.62. The minimum atomic E-state index is -0.723. The Labute approximate surface area is 184 Å². The number of ether oxygens (including phenoxy) is 1. The third kappa shape index (κ3) is 4.97. The predicted octanol–water partition coefficient (Wildman–Crippen LogP) is 2.66. The molecule has 3 rings (SSSR count). The fourth-order valence-electron chi connectivity index (χ4n) is 4.37. The summed E-state index contributed by atoms with van der Waals surface area (Å²) in [5.41, 5.74) is 1.73. The maximum absolute atomic E-state index is 13.5. The standard InChI is InChI=1S/C23H33N3O3S/c1-5-24-10-12-25(13-11-24)22(18-6-8-19(30-4)9-7-18)21-20(27)16-17(2)26(23(21)28)14-15-29-3/h6-9,16,21-22H,5,10-15H2,1-4H3. The number of likely N-dealkylation sites (N-methyl/N-ethyl adjacent to an activating group) is 1. The van der Waals surface area contributed by atoms with Crippen LogP contribution in [0.15, 0.2) is 40.9 Å². The lowest BCUT2D eigenvalue weighted by Gasteiger charge is -2.43. The highest BCUT2D eigenvalue weighted by atomic mass is 32.2. The number of amides is 1. The van der Waals surface area contributed by atoms with Crippen molar-refractivity contribution in [1.29, 1.82) is 0 Å². The van der Waals surface area contributed by atoms with Crippen LogP contribution in [0.2, 0.25) is 0 Å². The van der Waals surface area contributed by atoms with E-state index in [2.05, 4.69) is 41.0 Å². The van der Waals surface area contributed by atoms with Crippen molar-refractivity contribution in [3.8, 4) is 0 Å². The van der Waals surface area contributed by atoms with Crippen LogP contribution >= 0.6 is 11.8 Å². The first-order valence-electron chi connectivity index (χ1n) is 10.6. The molecule has 0 N–H and O–H groups in total. The Morgan fingerprint density at radius 2 is 1.80 bits per heavy atom. The van der Waals surface area contributed by atoms with Crippen LogP contribution in [-0.2, 0) is 14.3 Å². The van der Waals surface area contributed by atoms with Gasteiger partial charge in [-0.2, -0.15) is 0 Å². The number of carbonyl (C=O) groups excluding carboxylic acids is 2. The van der Waals surface area contributed by atoms with Gasteiger partial charge in [0, 0.05) is 56.5 Å². The molecule has 2 atom stereocenters. The number of methoxy groups -OCH3 is 1. The number of allylic oxidation sites excluding steroid dienone is 2. The van der Waals surface area contributed by atoms with E-state index in [1.807, 2.05) is 13.2 Å². The maximum Gasteiger partial charge on any atom is 0.239 e.